The normalized spacial score (nSPS) is 12.1. The van der Waals surface area contributed by atoms with Gasteiger partial charge in [0.25, 0.3) is 0 Å². The van der Waals surface area contributed by atoms with E-state index in [-0.39, 0.29) is 5.41 Å². The van der Waals surface area contributed by atoms with Crippen molar-refractivity contribution in [3.8, 4) is 0 Å². The van der Waals surface area contributed by atoms with Crippen LogP contribution in [0.15, 0.2) is 24.3 Å². The highest BCUT2D eigenvalue weighted by Gasteiger charge is 2.18. The zero-order valence-electron chi connectivity index (χ0n) is 11.0. The minimum atomic E-state index is 0.103. The summed E-state index contributed by atoms with van der Waals surface area (Å²) in [4.78, 5) is 4.70. The molecule has 0 aliphatic heterocycles. The van der Waals surface area contributed by atoms with Gasteiger partial charge in [-0.1, -0.05) is 39.0 Å². The smallest absolute Gasteiger partial charge is 0.0745 e. The molecule has 90 valence electrons. The van der Waals surface area contributed by atoms with Gasteiger partial charge in [0.1, 0.15) is 0 Å². The van der Waals surface area contributed by atoms with Crippen molar-refractivity contribution in [1.29, 1.82) is 0 Å². The van der Waals surface area contributed by atoms with Crippen LogP contribution in [0.5, 0.6) is 0 Å². The van der Waals surface area contributed by atoms with Crippen LogP contribution in [-0.2, 0) is 12.0 Å². The third kappa shape index (κ3) is 2.18. The number of aromatic nitrogens is 1. The Balaban J connectivity index is 2.85. The molecular formula is C15H20N2. The second-order valence-corrected chi connectivity index (χ2v) is 5.58. The number of pyridine rings is 1. The average Bonchev–Trinajstić information content (AvgIpc) is 2.25. The molecule has 2 aromatic rings. The van der Waals surface area contributed by atoms with E-state index in [1.807, 2.05) is 6.92 Å². The van der Waals surface area contributed by atoms with E-state index in [4.69, 9.17) is 10.7 Å². The van der Waals surface area contributed by atoms with Crippen LogP contribution in [0.4, 0.5) is 0 Å². The van der Waals surface area contributed by atoms with Gasteiger partial charge in [-0.25, -0.2) is 0 Å². The first kappa shape index (κ1) is 12.1. The molecule has 0 bridgehead atoms. The molecule has 2 rings (SSSR count). The molecule has 1 heterocycles. The van der Waals surface area contributed by atoms with E-state index in [9.17, 15) is 0 Å². The van der Waals surface area contributed by atoms with Crippen LogP contribution in [0.25, 0.3) is 10.9 Å². The van der Waals surface area contributed by atoms with Crippen LogP contribution in [0.3, 0.4) is 0 Å². The van der Waals surface area contributed by atoms with Gasteiger partial charge in [0.15, 0.2) is 0 Å². The van der Waals surface area contributed by atoms with Gasteiger partial charge >= 0.3 is 0 Å². The summed E-state index contributed by atoms with van der Waals surface area (Å²) < 4.78 is 0. The maximum Gasteiger partial charge on any atom is 0.0745 e. The Kier molecular flexibility index (Phi) is 2.92. The number of benzene rings is 1. The molecule has 2 heteroatoms. The van der Waals surface area contributed by atoms with Crippen LogP contribution in [0.1, 0.15) is 37.6 Å². The third-order valence-electron chi connectivity index (χ3n) is 3.08. The summed E-state index contributed by atoms with van der Waals surface area (Å²) in [5.74, 6) is 0. The molecule has 0 radical (unpaired) electrons. The molecule has 0 atom stereocenters. The number of para-hydroxylation sites is 1. The molecule has 2 nitrogen and oxygen atoms in total. The summed E-state index contributed by atoms with van der Waals surface area (Å²) in [5.41, 5.74) is 10.5. The third-order valence-corrected chi connectivity index (χ3v) is 3.08. The van der Waals surface area contributed by atoms with Gasteiger partial charge < -0.3 is 5.73 Å². The Labute approximate surface area is 103 Å². The first-order valence-corrected chi connectivity index (χ1v) is 6.03. The molecule has 0 unspecified atom stereocenters. The van der Waals surface area contributed by atoms with Crippen molar-refractivity contribution in [3.63, 3.8) is 0 Å². The predicted molar refractivity (Wildman–Crippen MR) is 73.1 cm³/mol. The molecular weight excluding hydrogens is 208 g/mol. The number of hydrogen-bond acceptors (Lipinski definition) is 2. The van der Waals surface area contributed by atoms with Gasteiger partial charge in [0.2, 0.25) is 0 Å². The molecule has 0 aliphatic carbocycles. The standard InChI is InChI=1S/C15H20N2/c1-10-8-11(9-16)12-6-5-7-13(14(12)17-10)15(2,3)4/h5-8H,9,16H2,1-4H3. The van der Waals surface area contributed by atoms with Crippen molar-refractivity contribution in [3.05, 3.63) is 41.1 Å². The predicted octanol–water partition coefficient (Wildman–Crippen LogP) is 3.30. The number of nitrogens with two attached hydrogens (primary N) is 1. The minimum Gasteiger partial charge on any atom is -0.326 e. The molecule has 0 fully saturated rings. The SMILES string of the molecule is Cc1cc(CN)c2cccc(C(C)(C)C)c2n1. The number of rotatable bonds is 1. The summed E-state index contributed by atoms with van der Waals surface area (Å²) in [7, 11) is 0. The second-order valence-electron chi connectivity index (χ2n) is 5.58. The Morgan fingerprint density at radius 2 is 1.94 bits per heavy atom. The first-order chi connectivity index (χ1) is 7.93. The first-order valence-electron chi connectivity index (χ1n) is 6.03. The number of fused-ring (bicyclic) bond motifs is 1. The van der Waals surface area contributed by atoms with E-state index in [0.29, 0.717) is 6.54 Å². The summed E-state index contributed by atoms with van der Waals surface area (Å²) in [6, 6.07) is 8.45. The van der Waals surface area contributed by atoms with Crippen molar-refractivity contribution in [2.45, 2.75) is 39.7 Å². The summed E-state index contributed by atoms with van der Waals surface area (Å²) >= 11 is 0. The maximum absolute atomic E-state index is 5.82. The van der Waals surface area contributed by atoms with Crippen LogP contribution < -0.4 is 5.73 Å². The van der Waals surface area contributed by atoms with E-state index in [1.54, 1.807) is 0 Å². The zero-order valence-corrected chi connectivity index (χ0v) is 11.0. The molecule has 0 saturated heterocycles. The molecule has 0 spiro atoms. The topological polar surface area (TPSA) is 38.9 Å². The van der Waals surface area contributed by atoms with Gasteiger partial charge in [-0.2, -0.15) is 0 Å². The number of aryl methyl sites for hydroxylation is 1. The monoisotopic (exact) mass is 228 g/mol. The fourth-order valence-electron chi connectivity index (χ4n) is 2.24. The molecule has 17 heavy (non-hydrogen) atoms. The van der Waals surface area contributed by atoms with Crippen LogP contribution in [0.2, 0.25) is 0 Å². The summed E-state index contributed by atoms with van der Waals surface area (Å²) in [5, 5.41) is 1.19. The lowest BCUT2D eigenvalue weighted by Crippen LogP contribution is -2.13. The van der Waals surface area contributed by atoms with Crippen molar-refractivity contribution in [1.82, 2.24) is 4.98 Å². The van der Waals surface area contributed by atoms with Gasteiger partial charge in [-0.15, -0.1) is 0 Å². The molecule has 0 saturated carbocycles. The van der Waals surface area contributed by atoms with Gasteiger partial charge in [0, 0.05) is 17.6 Å². The number of nitrogens with zero attached hydrogens (tertiary/aromatic N) is 1. The zero-order chi connectivity index (χ0) is 12.6. The lowest BCUT2D eigenvalue weighted by molar-refractivity contribution is 0.594. The van der Waals surface area contributed by atoms with Crippen molar-refractivity contribution in [2.75, 3.05) is 0 Å². The minimum absolute atomic E-state index is 0.103. The van der Waals surface area contributed by atoms with E-state index in [0.717, 1.165) is 11.2 Å². The molecule has 1 aromatic carbocycles. The van der Waals surface area contributed by atoms with E-state index < -0.39 is 0 Å². The van der Waals surface area contributed by atoms with Gasteiger partial charge in [0.05, 0.1) is 5.52 Å². The van der Waals surface area contributed by atoms with Crippen LogP contribution >= 0.6 is 0 Å². The Bertz CT molecular complexity index is 551. The molecule has 2 N–H and O–H groups in total. The molecule has 0 amide bonds. The molecule has 0 aliphatic rings. The van der Waals surface area contributed by atoms with E-state index >= 15 is 0 Å². The second kappa shape index (κ2) is 4.11. The quantitative estimate of drug-likeness (QED) is 0.813. The van der Waals surface area contributed by atoms with Crippen molar-refractivity contribution in [2.24, 2.45) is 5.73 Å². The average molecular weight is 228 g/mol. The highest BCUT2D eigenvalue weighted by atomic mass is 14.7. The van der Waals surface area contributed by atoms with Crippen molar-refractivity contribution >= 4 is 10.9 Å². The van der Waals surface area contributed by atoms with Gasteiger partial charge in [-0.05, 0) is 29.5 Å². The van der Waals surface area contributed by atoms with E-state index in [2.05, 4.69) is 45.0 Å². The Morgan fingerprint density at radius 1 is 1.24 bits per heavy atom. The Morgan fingerprint density at radius 3 is 2.53 bits per heavy atom. The highest BCUT2D eigenvalue weighted by molar-refractivity contribution is 5.86. The highest BCUT2D eigenvalue weighted by Crippen LogP contribution is 2.30. The Hall–Kier alpha value is -1.41. The summed E-state index contributed by atoms with van der Waals surface area (Å²) in [6.45, 7) is 9.24. The van der Waals surface area contributed by atoms with Gasteiger partial charge in [-0.3, -0.25) is 4.98 Å². The largest absolute Gasteiger partial charge is 0.326 e. The molecule has 1 aromatic heterocycles. The number of hydrogen-bond donors (Lipinski definition) is 1. The lowest BCUT2D eigenvalue weighted by atomic mass is 9.85. The van der Waals surface area contributed by atoms with Crippen molar-refractivity contribution < 1.29 is 0 Å². The fourth-order valence-corrected chi connectivity index (χ4v) is 2.24. The van der Waals surface area contributed by atoms with E-state index in [1.165, 1.54) is 16.5 Å². The fraction of sp³-hybridized carbons (Fsp3) is 0.400. The summed E-state index contributed by atoms with van der Waals surface area (Å²) in [6.07, 6.45) is 0. The van der Waals surface area contributed by atoms with Crippen LogP contribution in [0, 0.1) is 6.92 Å². The maximum atomic E-state index is 5.82. The van der Waals surface area contributed by atoms with Crippen LogP contribution in [-0.4, -0.2) is 4.98 Å². The lowest BCUT2D eigenvalue weighted by Gasteiger charge is -2.21.